The molecule has 10 heteroatoms. The SMILES string of the molecule is Cc1cccc(-c2nnc(NC(=O)C(NC(=O)Nc3c(Cl)cccc3Cl)C(C)C)s2)c1. The van der Waals surface area contributed by atoms with E-state index in [9.17, 15) is 9.59 Å². The van der Waals surface area contributed by atoms with E-state index >= 15 is 0 Å². The molecule has 0 radical (unpaired) electrons. The molecule has 3 N–H and O–H groups in total. The number of carbonyl (C=O) groups excluding carboxylic acids is 2. The molecular formula is C21H21Cl2N5O2S. The first kappa shape index (κ1) is 23.0. The monoisotopic (exact) mass is 477 g/mol. The number of rotatable bonds is 6. The fourth-order valence-corrected chi connectivity index (χ4v) is 4.03. The summed E-state index contributed by atoms with van der Waals surface area (Å²) in [6.45, 7) is 5.64. The number of benzene rings is 2. The summed E-state index contributed by atoms with van der Waals surface area (Å²) in [5.74, 6) is -0.584. The zero-order valence-electron chi connectivity index (χ0n) is 17.1. The lowest BCUT2D eigenvalue weighted by Gasteiger charge is -2.21. The first-order valence-electron chi connectivity index (χ1n) is 9.47. The number of hydrogen-bond donors (Lipinski definition) is 3. The van der Waals surface area contributed by atoms with Gasteiger partial charge in [-0.3, -0.25) is 10.1 Å². The maximum Gasteiger partial charge on any atom is 0.319 e. The largest absolute Gasteiger partial charge is 0.326 e. The maximum atomic E-state index is 12.8. The highest BCUT2D eigenvalue weighted by Crippen LogP contribution is 2.30. The van der Waals surface area contributed by atoms with Gasteiger partial charge in [0.1, 0.15) is 11.0 Å². The van der Waals surface area contributed by atoms with Crippen molar-refractivity contribution >= 4 is 57.3 Å². The minimum atomic E-state index is -0.812. The van der Waals surface area contributed by atoms with Gasteiger partial charge in [-0.1, -0.05) is 78.2 Å². The molecule has 162 valence electrons. The van der Waals surface area contributed by atoms with E-state index in [1.807, 2.05) is 45.0 Å². The van der Waals surface area contributed by atoms with Crippen molar-refractivity contribution in [2.45, 2.75) is 26.8 Å². The molecule has 0 aliphatic carbocycles. The highest BCUT2D eigenvalue weighted by molar-refractivity contribution is 7.18. The molecule has 0 spiro atoms. The molecule has 1 unspecified atom stereocenters. The summed E-state index contributed by atoms with van der Waals surface area (Å²) < 4.78 is 0. The summed E-state index contributed by atoms with van der Waals surface area (Å²) in [6, 6.07) is 11.3. The van der Waals surface area contributed by atoms with Crippen molar-refractivity contribution in [3.63, 3.8) is 0 Å². The minimum absolute atomic E-state index is 0.184. The summed E-state index contributed by atoms with van der Waals surface area (Å²) >= 11 is 13.4. The zero-order chi connectivity index (χ0) is 22.5. The Morgan fingerprint density at radius 1 is 1.00 bits per heavy atom. The standard InChI is InChI=1S/C21H21Cl2N5O2S/c1-11(2)16(24-20(30)25-17-14(22)8-5-9-15(17)23)18(29)26-21-28-27-19(31-21)13-7-4-6-12(3)10-13/h4-11,16H,1-3H3,(H2,24,25,30)(H,26,28,29). The minimum Gasteiger partial charge on any atom is -0.326 e. The van der Waals surface area contributed by atoms with Crippen LogP contribution in [-0.4, -0.2) is 28.2 Å². The van der Waals surface area contributed by atoms with E-state index in [0.29, 0.717) is 20.2 Å². The molecule has 3 rings (SSSR count). The predicted octanol–water partition coefficient (Wildman–Crippen LogP) is 5.61. The van der Waals surface area contributed by atoms with E-state index < -0.39 is 18.0 Å². The second-order valence-electron chi connectivity index (χ2n) is 7.19. The molecule has 1 heterocycles. The third kappa shape index (κ3) is 5.94. The van der Waals surface area contributed by atoms with Crippen molar-refractivity contribution in [3.05, 3.63) is 58.1 Å². The molecule has 0 saturated heterocycles. The van der Waals surface area contributed by atoms with Crippen LogP contribution in [0.5, 0.6) is 0 Å². The highest BCUT2D eigenvalue weighted by Gasteiger charge is 2.26. The topological polar surface area (TPSA) is 96.0 Å². The molecule has 1 atom stereocenters. The smallest absolute Gasteiger partial charge is 0.319 e. The van der Waals surface area contributed by atoms with Gasteiger partial charge in [0.15, 0.2) is 0 Å². The average Bonchev–Trinajstić information content (AvgIpc) is 3.17. The zero-order valence-corrected chi connectivity index (χ0v) is 19.4. The number of hydrogen-bond acceptors (Lipinski definition) is 5. The molecule has 0 fully saturated rings. The fraction of sp³-hybridized carbons (Fsp3) is 0.238. The molecule has 0 aliphatic rings. The van der Waals surface area contributed by atoms with Gasteiger partial charge in [-0.2, -0.15) is 0 Å². The molecule has 1 aromatic heterocycles. The number of nitrogens with zero attached hydrogens (tertiary/aromatic N) is 2. The van der Waals surface area contributed by atoms with Crippen molar-refractivity contribution in [3.8, 4) is 10.6 Å². The van der Waals surface area contributed by atoms with Crippen LogP contribution in [-0.2, 0) is 4.79 Å². The van der Waals surface area contributed by atoms with Gasteiger partial charge in [0.05, 0.1) is 15.7 Å². The highest BCUT2D eigenvalue weighted by atomic mass is 35.5. The Kier molecular flexibility index (Phi) is 7.48. The lowest BCUT2D eigenvalue weighted by Crippen LogP contribution is -2.48. The molecule has 3 amide bonds. The molecular weight excluding hydrogens is 457 g/mol. The summed E-state index contributed by atoms with van der Waals surface area (Å²) in [4.78, 5) is 25.3. The molecule has 7 nitrogen and oxygen atoms in total. The Morgan fingerprint density at radius 2 is 1.68 bits per heavy atom. The Morgan fingerprint density at radius 3 is 2.32 bits per heavy atom. The number of carbonyl (C=O) groups is 2. The van der Waals surface area contributed by atoms with Crippen molar-refractivity contribution < 1.29 is 9.59 Å². The van der Waals surface area contributed by atoms with E-state index in [-0.39, 0.29) is 11.6 Å². The summed E-state index contributed by atoms with van der Waals surface area (Å²) in [7, 11) is 0. The molecule has 2 aromatic carbocycles. The molecule has 3 aromatic rings. The van der Waals surface area contributed by atoms with Crippen LogP contribution in [0, 0.1) is 12.8 Å². The maximum absolute atomic E-state index is 12.8. The van der Waals surface area contributed by atoms with Crippen molar-refractivity contribution in [2.75, 3.05) is 10.6 Å². The van der Waals surface area contributed by atoms with Crippen LogP contribution in [0.2, 0.25) is 10.0 Å². The lowest BCUT2D eigenvalue weighted by atomic mass is 10.0. The number of para-hydroxylation sites is 1. The number of halogens is 2. The van der Waals surface area contributed by atoms with E-state index in [0.717, 1.165) is 11.1 Å². The van der Waals surface area contributed by atoms with Crippen LogP contribution in [0.1, 0.15) is 19.4 Å². The van der Waals surface area contributed by atoms with Gasteiger partial charge in [-0.25, -0.2) is 4.79 Å². The summed E-state index contributed by atoms with van der Waals surface area (Å²) in [6.07, 6.45) is 0. The van der Waals surface area contributed by atoms with Gasteiger partial charge in [0.2, 0.25) is 11.0 Å². The molecule has 0 bridgehead atoms. The van der Waals surface area contributed by atoms with Gasteiger partial charge in [0, 0.05) is 5.56 Å². The number of anilines is 2. The number of aromatic nitrogens is 2. The van der Waals surface area contributed by atoms with E-state index in [1.54, 1.807) is 18.2 Å². The van der Waals surface area contributed by atoms with E-state index in [2.05, 4.69) is 26.1 Å². The van der Waals surface area contributed by atoms with Crippen molar-refractivity contribution in [1.82, 2.24) is 15.5 Å². The second-order valence-corrected chi connectivity index (χ2v) is 8.98. The fourth-order valence-electron chi connectivity index (χ4n) is 2.79. The normalized spacial score (nSPS) is 11.8. The quantitative estimate of drug-likeness (QED) is 0.430. The lowest BCUT2D eigenvalue weighted by molar-refractivity contribution is -0.118. The van der Waals surface area contributed by atoms with Crippen molar-refractivity contribution in [2.24, 2.45) is 5.92 Å². The molecule has 31 heavy (non-hydrogen) atoms. The predicted molar refractivity (Wildman–Crippen MR) is 126 cm³/mol. The van der Waals surface area contributed by atoms with Crippen LogP contribution in [0.4, 0.5) is 15.6 Å². The number of nitrogens with one attached hydrogen (secondary N) is 3. The Balaban J connectivity index is 1.68. The number of amides is 3. The third-order valence-electron chi connectivity index (χ3n) is 4.36. The van der Waals surface area contributed by atoms with Gasteiger partial charge in [-0.15, -0.1) is 10.2 Å². The number of urea groups is 1. The van der Waals surface area contributed by atoms with Gasteiger partial charge >= 0.3 is 6.03 Å². The molecule has 0 saturated carbocycles. The first-order chi connectivity index (χ1) is 14.7. The second kappa shape index (κ2) is 10.1. The Hall–Kier alpha value is -2.68. The summed E-state index contributed by atoms with van der Waals surface area (Å²) in [5, 5.41) is 17.8. The van der Waals surface area contributed by atoms with Gasteiger partial charge < -0.3 is 10.6 Å². The van der Waals surface area contributed by atoms with Gasteiger partial charge in [0.25, 0.3) is 0 Å². The van der Waals surface area contributed by atoms with Crippen LogP contribution in [0.15, 0.2) is 42.5 Å². The Labute approximate surface area is 194 Å². The van der Waals surface area contributed by atoms with Crippen LogP contribution < -0.4 is 16.0 Å². The van der Waals surface area contributed by atoms with Gasteiger partial charge in [-0.05, 0) is 31.0 Å². The van der Waals surface area contributed by atoms with Crippen molar-refractivity contribution in [1.29, 1.82) is 0 Å². The third-order valence-corrected chi connectivity index (χ3v) is 5.87. The van der Waals surface area contributed by atoms with Crippen LogP contribution >= 0.6 is 34.5 Å². The van der Waals surface area contributed by atoms with Crippen LogP contribution in [0.3, 0.4) is 0 Å². The summed E-state index contributed by atoms with van der Waals surface area (Å²) in [5.41, 5.74) is 2.30. The van der Waals surface area contributed by atoms with E-state index in [1.165, 1.54) is 11.3 Å². The first-order valence-corrected chi connectivity index (χ1v) is 11.0. The average molecular weight is 478 g/mol. The number of aryl methyl sites for hydroxylation is 1. The van der Waals surface area contributed by atoms with Crippen LogP contribution in [0.25, 0.3) is 10.6 Å². The van der Waals surface area contributed by atoms with E-state index in [4.69, 9.17) is 23.2 Å². The molecule has 0 aliphatic heterocycles. The Bertz CT molecular complexity index is 1080.